The minimum Gasteiger partial charge on any atom is -0.388 e. The lowest BCUT2D eigenvalue weighted by molar-refractivity contribution is -0.138. The van der Waals surface area contributed by atoms with Crippen LogP contribution in [0.5, 0.6) is 0 Å². The van der Waals surface area contributed by atoms with E-state index in [9.17, 15) is 18.9 Å². The van der Waals surface area contributed by atoms with E-state index in [0.717, 1.165) is 35.4 Å². The van der Waals surface area contributed by atoms with Crippen molar-refractivity contribution in [2.45, 2.75) is 70.3 Å². The number of carbonyl (C=O) groups is 1. The third-order valence-electron chi connectivity index (χ3n) is 6.10. The first kappa shape index (κ1) is 26.9. The maximum atomic E-state index is 13.6. The highest BCUT2D eigenvalue weighted by atomic mass is 31.1. The summed E-state index contributed by atoms with van der Waals surface area (Å²) < 4.78 is 34.7. The zero-order valence-electron chi connectivity index (χ0n) is 20.4. The number of hydrogen-bond acceptors (Lipinski definition) is 6. The monoisotopic (exact) mass is 500 g/mol. The van der Waals surface area contributed by atoms with Gasteiger partial charge in [0, 0.05) is 17.2 Å². The molecule has 1 aliphatic carbocycles. The summed E-state index contributed by atoms with van der Waals surface area (Å²) in [6.07, 6.45) is 6.58. The summed E-state index contributed by atoms with van der Waals surface area (Å²) in [6.45, 7) is 4.07. The second-order valence-corrected chi connectivity index (χ2v) is 10.5. The van der Waals surface area contributed by atoms with Gasteiger partial charge in [-0.2, -0.15) is 0 Å². The molecule has 6 nitrogen and oxygen atoms in total. The fourth-order valence-electron chi connectivity index (χ4n) is 4.28. The fraction of sp³-hybridized carbons (Fsp3) is 0.481. The number of benzene rings is 1. The molecule has 0 spiro atoms. The molecule has 1 aliphatic rings. The third kappa shape index (κ3) is 7.67. The van der Waals surface area contributed by atoms with E-state index < -0.39 is 20.1 Å². The van der Waals surface area contributed by atoms with Crippen LogP contribution in [0.2, 0.25) is 0 Å². The number of aromatic nitrogens is 1. The molecule has 0 aliphatic heterocycles. The summed E-state index contributed by atoms with van der Waals surface area (Å²) in [5, 5.41) is 9.87. The molecule has 0 amide bonds. The van der Waals surface area contributed by atoms with E-state index in [1.165, 1.54) is 38.5 Å². The van der Waals surface area contributed by atoms with E-state index >= 15 is 0 Å². The Kier molecular flexibility index (Phi) is 9.92. The van der Waals surface area contributed by atoms with Crippen molar-refractivity contribution in [3.8, 4) is 23.2 Å². The van der Waals surface area contributed by atoms with Gasteiger partial charge in [-0.3, -0.25) is 9.78 Å². The molecule has 186 valence electrons. The lowest BCUT2D eigenvalue weighted by Crippen LogP contribution is -2.17. The number of esters is 1. The largest absolute Gasteiger partial charge is 0.510 e. The molecule has 35 heavy (non-hydrogen) atoms. The first-order valence-electron chi connectivity index (χ1n) is 12.0. The van der Waals surface area contributed by atoms with Crippen LogP contribution >= 0.6 is 8.03 Å². The zero-order chi connectivity index (χ0) is 25.4. The SMILES string of the molecule is CO[P+](=O)CC(O)CC(=O)OC#Cc1c(-c2ccc(F)cc2)cc(C2CCCCC2)nc1C(C)C. The molecule has 1 N–H and O–H groups in total. The van der Waals surface area contributed by atoms with E-state index in [1.54, 1.807) is 12.1 Å². The van der Waals surface area contributed by atoms with Gasteiger partial charge < -0.3 is 9.84 Å². The van der Waals surface area contributed by atoms with Gasteiger partial charge >= 0.3 is 14.0 Å². The topological polar surface area (TPSA) is 85.7 Å². The number of halogens is 1. The predicted molar refractivity (Wildman–Crippen MR) is 133 cm³/mol. The van der Waals surface area contributed by atoms with Gasteiger partial charge in [0.15, 0.2) is 0 Å². The van der Waals surface area contributed by atoms with Gasteiger partial charge in [-0.15, -0.1) is 4.52 Å². The van der Waals surface area contributed by atoms with Crippen LogP contribution < -0.4 is 0 Å². The van der Waals surface area contributed by atoms with Gasteiger partial charge in [-0.05, 0) is 53.0 Å². The molecule has 1 fully saturated rings. The van der Waals surface area contributed by atoms with Crippen LogP contribution in [-0.2, 0) is 18.6 Å². The van der Waals surface area contributed by atoms with Crippen LogP contribution in [0.25, 0.3) is 11.1 Å². The standard InChI is InChI=1S/C27H32FNO5P/c1-18(2)27-23(13-14-34-26(31)15-22(30)17-35(32)33-3)24(19-9-11-21(28)12-10-19)16-25(29-27)20-7-5-4-6-8-20/h9-12,16,18,20,22,30H,4-8,15,17H2,1-3H3/q+1. The lowest BCUT2D eigenvalue weighted by Gasteiger charge is -2.24. The highest BCUT2D eigenvalue weighted by Crippen LogP contribution is 2.37. The van der Waals surface area contributed by atoms with Crippen molar-refractivity contribution in [1.29, 1.82) is 0 Å². The Morgan fingerprint density at radius 1 is 1.23 bits per heavy atom. The highest BCUT2D eigenvalue weighted by molar-refractivity contribution is 7.39. The molecule has 8 heteroatoms. The van der Waals surface area contributed by atoms with Gasteiger partial charge in [0.05, 0.1) is 24.8 Å². The lowest BCUT2D eigenvalue weighted by atomic mass is 9.84. The Morgan fingerprint density at radius 3 is 2.54 bits per heavy atom. The number of aliphatic hydroxyl groups is 1. The molecule has 0 bridgehead atoms. The normalized spacial score (nSPS) is 15.3. The molecule has 1 heterocycles. The van der Waals surface area contributed by atoms with E-state index in [2.05, 4.69) is 16.6 Å². The Bertz CT molecular complexity index is 1100. The second-order valence-electron chi connectivity index (χ2n) is 9.11. The van der Waals surface area contributed by atoms with Crippen molar-refractivity contribution in [2.75, 3.05) is 13.3 Å². The summed E-state index contributed by atoms with van der Waals surface area (Å²) in [4.78, 5) is 17.1. The van der Waals surface area contributed by atoms with Gasteiger partial charge in [0.1, 0.15) is 18.0 Å². The Balaban J connectivity index is 1.94. The molecular weight excluding hydrogens is 468 g/mol. The number of pyridine rings is 1. The summed E-state index contributed by atoms with van der Waals surface area (Å²) in [6, 6.07) is 8.28. The minimum absolute atomic E-state index is 0.0601. The Morgan fingerprint density at radius 2 is 1.91 bits per heavy atom. The molecule has 2 aromatic rings. The summed E-state index contributed by atoms with van der Waals surface area (Å²) >= 11 is 0. The van der Waals surface area contributed by atoms with Crippen molar-refractivity contribution in [3.63, 3.8) is 0 Å². The maximum absolute atomic E-state index is 13.6. The molecule has 0 radical (unpaired) electrons. The van der Waals surface area contributed by atoms with E-state index in [1.807, 2.05) is 19.9 Å². The number of aliphatic hydroxyl groups excluding tert-OH is 1. The van der Waals surface area contributed by atoms with Crippen LogP contribution in [0.4, 0.5) is 4.39 Å². The smallest absolute Gasteiger partial charge is 0.388 e. The van der Waals surface area contributed by atoms with E-state index in [0.29, 0.717) is 11.5 Å². The van der Waals surface area contributed by atoms with Crippen LogP contribution in [0.3, 0.4) is 0 Å². The van der Waals surface area contributed by atoms with Crippen LogP contribution in [-0.4, -0.2) is 35.4 Å². The Labute approximate surface area is 207 Å². The second kappa shape index (κ2) is 12.9. The molecule has 0 saturated heterocycles. The fourth-order valence-corrected chi connectivity index (χ4v) is 4.90. The van der Waals surface area contributed by atoms with Crippen molar-refractivity contribution >= 4 is 14.0 Å². The number of nitrogens with zero attached hydrogens (tertiary/aromatic N) is 1. The van der Waals surface area contributed by atoms with E-state index in [-0.39, 0.29) is 24.3 Å². The average molecular weight is 501 g/mol. The summed E-state index contributed by atoms with van der Waals surface area (Å²) in [5.74, 6) is 2.33. The molecule has 2 unspecified atom stereocenters. The summed E-state index contributed by atoms with van der Waals surface area (Å²) in [7, 11) is -0.758. The van der Waals surface area contributed by atoms with Crippen molar-refractivity contribution < 1.29 is 28.1 Å². The quantitative estimate of drug-likeness (QED) is 0.270. The Hall–Kier alpha value is -2.65. The van der Waals surface area contributed by atoms with Crippen molar-refractivity contribution in [3.05, 3.63) is 53.1 Å². The third-order valence-corrected chi connectivity index (χ3v) is 7.23. The van der Waals surface area contributed by atoms with Crippen molar-refractivity contribution in [2.24, 2.45) is 0 Å². The molecular formula is C27H32FNO5P+. The minimum atomic E-state index is -2.03. The van der Waals surface area contributed by atoms with Crippen LogP contribution in [0.1, 0.15) is 81.2 Å². The molecule has 3 rings (SSSR count). The van der Waals surface area contributed by atoms with Gasteiger partial charge in [-0.25, -0.2) is 4.39 Å². The molecule has 1 aromatic heterocycles. The van der Waals surface area contributed by atoms with Crippen molar-refractivity contribution in [1.82, 2.24) is 4.98 Å². The number of rotatable bonds is 8. The van der Waals surface area contributed by atoms with Gasteiger partial charge in [0.2, 0.25) is 6.16 Å². The van der Waals surface area contributed by atoms with E-state index in [4.69, 9.17) is 9.72 Å². The van der Waals surface area contributed by atoms with Gasteiger partial charge in [-0.1, -0.05) is 45.2 Å². The maximum Gasteiger partial charge on any atom is 0.510 e. The highest BCUT2D eigenvalue weighted by Gasteiger charge is 2.25. The molecule has 1 aromatic carbocycles. The number of ether oxygens (including phenoxy) is 1. The average Bonchev–Trinajstić information content (AvgIpc) is 2.84. The summed E-state index contributed by atoms with van der Waals surface area (Å²) in [5.41, 5.74) is 4.08. The van der Waals surface area contributed by atoms with Crippen LogP contribution in [0.15, 0.2) is 30.3 Å². The molecule has 2 atom stereocenters. The number of carbonyl (C=O) groups excluding carboxylic acids is 1. The number of hydrogen-bond donors (Lipinski definition) is 1. The first-order chi connectivity index (χ1) is 16.8. The molecule has 1 saturated carbocycles. The zero-order valence-corrected chi connectivity index (χ0v) is 21.3. The predicted octanol–water partition coefficient (Wildman–Crippen LogP) is 6.05. The van der Waals surface area contributed by atoms with Gasteiger partial charge in [0.25, 0.3) is 0 Å². The van der Waals surface area contributed by atoms with Crippen LogP contribution in [0, 0.1) is 17.8 Å². The first-order valence-corrected chi connectivity index (χ1v) is 13.3.